The molecule has 11 nitrogen and oxygen atoms in total. The summed E-state index contributed by atoms with van der Waals surface area (Å²) in [5.74, 6) is 2.47. The number of halogens is 1. The number of nitrogens with zero attached hydrogens (tertiary/aromatic N) is 2. The molecular formula is C31H35ClN4O7. The molecule has 0 aliphatic carbocycles. The molecule has 0 radical (unpaired) electrons. The Morgan fingerprint density at radius 3 is 2.56 bits per heavy atom. The second-order valence-electron chi connectivity index (χ2n) is 11.3. The maximum absolute atomic E-state index is 12.8. The third kappa shape index (κ3) is 6.74. The van der Waals surface area contributed by atoms with E-state index in [1.54, 1.807) is 49.7 Å². The average Bonchev–Trinajstić information content (AvgIpc) is 2.96. The molecule has 3 aliphatic rings. The Balaban J connectivity index is 1.07. The van der Waals surface area contributed by atoms with Crippen LogP contribution in [0, 0.1) is 11.3 Å². The van der Waals surface area contributed by atoms with Gasteiger partial charge in [-0.05, 0) is 37.1 Å². The van der Waals surface area contributed by atoms with Crippen molar-refractivity contribution in [2.75, 3.05) is 65.1 Å². The van der Waals surface area contributed by atoms with Crippen molar-refractivity contribution in [3.05, 3.63) is 47.6 Å². The molecule has 0 unspecified atom stereocenters. The van der Waals surface area contributed by atoms with Gasteiger partial charge in [0.25, 0.3) is 0 Å². The Bertz CT molecular complexity index is 1480. The fourth-order valence-corrected chi connectivity index (χ4v) is 5.62. The second kappa shape index (κ2) is 12.8. The van der Waals surface area contributed by atoms with Gasteiger partial charge < -0.3 is 39.2 Å². The summed E-state index contributed by atoms with van der Waals surface area (Å²) in [6.07, 6.45) is 3.91. The Kier molecular flexibility index (Phi) is 8.73. The number of nitrogens with one attached hydrogen (secondary N) is 2. The van der Waals surface area contributed by atoms with E-state index < -0.39 is 0 Å². The number of urea groups is 1. The van der Waals surface area contributed by atoms with Gasteiger partial charge in [-0.25, -0.2) is 4.79 Å². The standard InChI is InChI=1S/C31H35ClN4O7/c1-39-27-13-22-25(14-28(27)42-11-5-29(37)36-9-6-31(7-10-36)18-41-19-31)33-8-4-26(22)43-21-2-3-24(23(32)12-21)35-30(38)34-15-20-16-40-17-20/h2-4,8,12-14,20H,5-7,9-11,15-19H2,1H3,(H2,34,35,38). The third-order valence-electron chi connectivity index (χ3n) is 8.23. The van der Waals surface area contributed by atoms with Crippen LogP contribution in [0.1, 0.15) is 19.3 Å². The van der Waals surface area contributed by atoms with E-state index in [4.69, 9.17) is 35.3 Å². The molecule has 3 aromatic rings. The molecule has 228 valence electrons. The molecule has 2 N–H and O–H groups in total. The van der Waals surface area contributed by atoms with Gasteiger partial charge in [0.2, 0.25) is 5.91 Å². The molecule has 12 heteroatoms. The number of amides is 3. The maximum Gasteiger partial charge on any atom is 0.319 e. The minimum Gasteiger partial charge on any atom is -0.493 e. The van der Waals surface area contributed by atoms with Crippen LogP contribution in [-0.4, -0.2) is 81.6 Å². The number of aromatic nitrogens is 1. The molecule has 3 amide bonds. The van der Waals surface area contributed by atoms with Crippen LogP contribution >= 0.6 is 11.6 Å². The number of carbonyl (C=O) groups is 2. The van der Waals surface area contributed by atoms with Gasteiger partial charge in [-0.1, -0.05) is 11.6 Å². The lowest BCUT2D eigenvalue weighted by molar-refractivity contribution is -0.153. The van der Waals surface area contributed by atoms with Crippen molar-refractivity contribution in [1.82, 2.24) is 15.2 Å². The first-order valence-electron chi connectivity index (χ1n) is 14.5. The number of carbonyl (C=O) groups excluding carboxylic acids is 2. The van der Waals surface area contributed by atoms with Crippen molar-refractivity contribution in [3.63, 3.8) is 0 Å². The minimum atomic E-state index is -0.332. The molecule has 6 rings (SSSR count). The molecule has 0 bridgehead atoms. The second-order valence-corrected chi connectivity index (χ2v) is 11.7. The van der Waals surface area contributed by atoms with Crippen molar-refractivity contribution in [2.24, 2.45) is 11.3 Å². The lowest BCUT2D eigenvalue weighted by Gasteiger charge is -2.47. The highest BCUT2D eigenvalue weighted by atomic mass is 35.5. The topological polar surface area (TPSA) is 120 Å². The number of benzene rings is 2. The van der Waals surface area contributed by atoms with Crippen LogP contribution in [0.5, 0.6) is 23.0 Å². The molecule has 3 fully saturated rings. The first-order chi connectivity index (χ1) is 20.9. The van der Waals surface area contributed by atoms with Crippen molar-refractivity contribution in [3.8, 4) is 23.0 Å². The highest BCUT2D eigenvalue weighted by molar-refractivity contribution is 6.33. The molecule has 3 aliphatic heterocycles. The number of hydrogen-bond donors (Lipinski definition) is 2. The molecule has 3 saturated heterocycles. The zero-order valence-corrected chi connectivity index (χ0v) is 24.8. The molecule has 1 spiro atoms. The summed E-state index contributed by atoms with van der Waals surface area (Å²) in [6.45, 7) is 5.26. The van der Waals surface area contributed by atoms with E-state index >= 15 is 0 Å². The molecule has 4 heterocycles. The summed E-state index contributed by atoms with van der Waals surface area (Å²) in [6, 6.07) is 10.0. The zero-order chi connectivity index (χ0) is 29.8. The van der Waals surface area contributed by atoms with Crippen LogP contribution < -0.4 is 24.8 Å². The third-order valence-corrected chi connectivity index (χ3v) is 8.54. The van der Waals surface area contributed by atoms with Gasteiger partial charge >= 0.3 is 6.03 Å². The number of likely N-dealkylation sites (tertiary alicyclic amines) is 1. The van der Waals surface area contributed by atoms with Crippen molar-refractivity contribution in [1.29, 1.82) is 0 Å². The maximum atomic E-state index is 12.8. The number of rotatable bonds is 10. The molecule has 0 saturated carbocycles. The van der Waals surface area contributed by atoms with Crippen LogP contribution in [0.4, 0.5) is 10.5 Å². The van der Waals surface area contributed by atoms with Crippen molar-refractivity contribution >= 4 is 40.1 Å². The van der Waals surface area contributed by atoms with E-state index in [1.165, 1.54) is 0 Å². The fourth-order valence-electron chi connectivity index (χ4n) is 5.40. The molecular weight excluding hydrogens is 576 g/mol. The summed E-state index contributed by atoms with van der Waals surface area (Å²) >= 11 is 6.45. The largest absolute Gasteiger partial charge is 0.493 e. The minimum absolute atomic E-state index is 0.0907. The van der Waals surface area contributed by atoms with Gasteiger partial charge in [-0.2, -0.15) is 0 Å². The lowest BCUT2D eigenvalue weighted by Crippen LogP contribution is -2.52. The summed E-state index contributed by atoms with van der Waals surface area (Å²) in [4.78, 5) is 31.4. The van der Waals surface area contributed by atoms with Gasteiger partial charge in [-0.15, -0.1) is 0 Å². The monoisotopic (exact) mass is 610 g/mol. The van der Waals surface area contributed by atoms with E-state index in [9.17, 15) is 9.59 Å². The molecule has 1 aromatic heterocycles. The van der Waals surface area contributed by atoms with Crippen LogP contribution in [0.15, 0.2) is 42.6 Å². The van der Waals surface area contributed by atoms with Crippen LogP contribution in [0.3, 0.4) is 0 Å². The van der Waals surface area contributed by atoms with E-state index in [0.717, 1.165) is 39.1 Å². The molecule has 43 heavy (non-hydrogen) atoms. The van der Waals surface area contributed by atoms with E-state index in [1.807, 2.05) is 4.90 Å². The number of fused-ring (bicyclic) bond motifs is 1. The van der Waals surface area contributed by atoms with Crippen LogP contribution in [0.2, 0.25) is 5.02 Å². The number of pyridine rings is 1. The first-order valence-corrected chi connectivity index (χ1v) is 14.8. The molecule has 2 aromatic carbocycles. The van der Waals surface area contributed by atoms with Gasteiger partial charge in [0.1, 0.15) is 11.5 Å². The fraction of sp³-hybridized carbons (Fsp3) is 0.452. The van der Waals surface area contributed by atoms with Crippen molar-refractivity contribution in [2.45, 2.75) is 19.3 Å². The number of methoxy groups -OCH3 is 1. The van der Waals surface area contributed by atoms with Crippen LogP contribution in [0.25, 0.3) is 10.9 Å². The Hall–Kier alpha value is -3.80. The average molecular weight is 611 g/mol. The van der Waals surface area contributed by atoms with Crippen molar-refractivity contribution < 1.29 is 33.3 Å². The predicted octanol–water partition coefficient (Wildman–Crippen LogP) is 4.86. The smallest absolute Gasteiger partial charge is 0.319 e. The van der Waals surface area contributed by atoms with Crippen LogP contribution in [-0.2, 0) is 14.3 Å². The quantitative estimate of drug-likeness (QED) is 0.334. The number of ether oxygens (including phenoxy) is 5. The summed E-state index contributed by atoms with van der Waals surface area (Å²) in [5, 5.41) is 6.62. The Morgan fingerprint density at radius 1 is 1.07 bits per heavy atom. The molecule has 0 atom stereocenters. The summed E-state index contributed by atoms with van der Waals surface area (Å²) < 4.78 is 28.3. The predicted molar refractivity (Wildman–Crippen MR) is 160 cm³/mol. The van der Waals surface area contributed by atoms with Gasteiger partial charge in [0.15, 0.2) is 11.5 Å². The highest BCUT2D eigenvalue weighted by Crippen LogP contribution is 2.39. The lowest BCUT2D eigenvalue weighted by atomic mass is 9.77. The van der Waals surface area contributed by atoms with Gasteiger partial charge in [0, 0.05) is 54.7 Å². The Labute approximate surface area is 254 Å². The van der Waals surface area contributed by atoms with Gasteiger partial charge in [-0.3, -0.25) is 9.78 Å². The summed E-state index contributed by atoms with van der Waals surface area (Å²) in [5.41, 5.74) is 1.40. The van der Waals surface area contributed by atoms with E-state index in [-0.39, 0.29) is 30.4 Å². The normalized spacial score (nSPS) is 17.6. The highest BCUT2D eigenvalue weighted by Gasteiger charge is 2.41. The number of hydrogen-bond acceptors (Lipinski definition) is 8. The van der Waals surface area contributed by atoms with E-state index in [2.05, 4.69) is 15.6 Å². The Morgan fingerprint density at radius 2 is 1.88 bits per heavy atom. The number of anilines is 1. The summed E-state index contributed by atoms with van der Waals surface area (Å²) in [7, 11) is 1.56. The van der Waals surface area contributed by atoms with E-state index in [0.29, 0.717) is 70.3 Å². The first kappa shape index (κ1) is 29.3. The zero-order valence-electron chi connectivity index (χ0n) is 24.0. The number of piperidine rings is 1. The van der Waals surface area contributed by atoms with Gasteiger partial charge in [0.05, 0.1) is 62.8 Å². The SMILES string of the molecule is COc1cc2c(Oc3ccc(NC(=O)NCC4COC4)c(Cl)c3)ccnc2cc1OCCC(=O)N1CCC2(CC1)COC2.